The van der Waals surface area contributed by atoms with Gasteiger partial charge in [0.1, 0.15) is 5.75 Å². The molecule has 0 saturated carbocycles. The number of hydrogen-bond donors (Lipinski definition) is 0. The lowest BCUT2D eigenvalue weighted by molar-refractivity contribution is -0.134. The molecule has 0 aliphatic carbocycles. The number of rotatable bonds is 7. The molecular weight excluding hydrogens is 422 g/mol. The third-order valence-electron chi connectivity index (χ3n) is 5.55. The fourth-order valence-corrected chi connectivity index (χ4v) is 4.20. The highest BCUT2D eigenvalue weighted by molar-refractivity contribution is 6.31. The average Bonchev–Trinajstić information content (AvgIpc) is 3.25. The third-order valence-corrected chi connectivity index (χ3v) is 5.90. The van der Waals surface area contributed by atoms with Crippen LogP contribution in [0.3, 0.4) is 0 Å². The Kier molecular flexibility index (Phi) is 6.88. The molecule has 3 aromatic carbocycles. The second-order valence-electron chi connectivity index (χ2n) is 7.91. The maximum absolute atomic E-state index is 13.3. The summed E-state index contributed by atoms with van der Waals surface area (Å²) < 4.78 is 5.26. The summed E-state index contributed by atoms with van der Waals surface area (Å²) in [6.07, 6.45) is 0.601. The minimum absolute atomic E-state index is 0.0585. The van der Waals surface area contributed by atoms with Crippen LogP contribution in [0, 0.1) is 0 Å². The average molecular weight is 448 g/mol. The van der Waals surface area contributed by atoms with Crippen molar-refractivity contribution in [1.82, 2.24) is 9.91 Å². The molecule has 164 valence electrons. The largest absolute Gasteiger partial charge is 0.497 e. The van der Waals surface area contributed by atoms with Gasteiger partial charge >= 0.3 is 0 Å². The molecule has 0 aromatic heterocycles. The molecular formula is C26H26ClN3O2. The molecule has 5 nitrogen and oxygen atoms in total. The monoisotopic (exact) mass is 447 g/mol. The number of halogens is 1. The summed E-state index contributed by atoms with van der Waals surface area (Å²) in [5.41, 5.74) is 3.89. The van der Waals surface area contributed by atoms with Crippen LogP contribution in [0.25, 0.3) is 0 Å². The van der Waals surface area contributed by atoms with Crippen molar-refractivity contribution in [2.75, 3.05) is 20.7 Å². The summed E-state index contributed by atoms with van der Waals surface area (Å²) in [6, 6.07) is 25.3. The number of likely N-dealkylation sites (N-methyl/N-ethyl adjacent to an activating group) is 1. The molecule has 0 bridgehead atoms. The van der Waals surface area contributed by atoms with E-state index in [4.69, 9.17) is 21.4 Å². The number of hydrazone groups is 1. The van der Waals surface area contributed by atoms with Gasteiger partial charge in [-0.05, 0) is 54.1 Å². The van der Waals surface area contributed by atoms with E-state index in [1.807, 2.05) is 78.7 Å². The zero-order valence-corrected chi connectivity index (χ0v) is 19.0. The highest BCUT2D eigenvalue weighted by atomic mass is 35.5. The first kappa shape index (κ1) is 22.1. The first-order valence-corrected chi connectivity index (χ1v) is 10.9. The van der Waals surface area contributed by atoms with E-state index in [1.165, 1.54) is 0 Å². The Morgan fingerprint density at radius 3 is 2.44 bits per heavy atom. The molecule has 0 fully saturated rings. The second kappa shape index (κ2) is 9.98. The molecule has 0 saturated heterocycles. The van der Waals surface area contributed by atoms with Gasteiger partial charge in [0.15, 0.2) is 0 Å². The summed E-state index contributed by atoms with van der Waals surface area (Å²) in [6.45, 7) is 0.946. The lowest BCUT2D eigenvalue weighted by atomic mass is 9.98. The van der Waals surface area contributed by atoms with Crippen molar-refractivity contribution in [3.63, 3.8) is 0 Å². The maximum Gasteiger partial charge on any atom is 0.257 e. The first-order chi connectivity index (χ1) is 15.5. The smallest absolute Gasteiger partial charge is 0.257 e. The zero-order valence-electron chi connectivity index (χ0n) is 18.2. The molecule has 32 heavy (non-hydrogen) atoms. The molecule has 1 amide bonds. The summed E-state index contributed by atoms with van der Waals surface area (Å²) in [5.74, 6) is 0.724. The highest BCUT2D eigenvalue weighted by Crippen LogP contribution is 2.36. The topological polar surface area (TPSA) is 45.1 Å². The van der Waals surface area contributed by atoms with E-state index in [2.05, 4.69) is 12.1 Å². The van der Waals surface area contributed by atoms with E-state index in [1.54, 1.807) is 12.1 Å². The number of carbonyl (C=O) groups is 1. The van der Waals surface area contributed by atoms with Crippen molar-refractivity contribution in [3.8, 4) is 5.75 Å². The molecule has 1 atom stereocenters. The van der Waals surface area contributed by atoms with Gasteiger partial charge in [-0.1, -0.05) is 60.1 Å². The van der Waals surface area contributed by atoms with Crippen LogP contribution in [-0.4, -0.2) is 42.2 Å². The number of ether oxygens (including phenoxy) is 1. The zero-order chi connectivity index (χ0) is 22.5. The summed E-state index contributed by atoms with van der Waals surface area (Å²) in [4.78, 5) is 15.3. The van der Waals surface area contributed by atoms with Crippen LogP contribution in [0.5, 0.6) is 5.75 Å². The molecule has 1 aliphatic rings. The fraction of sp³-hybridized carbons (Fsp3) is 0.231. The SMILES string of the molecule is COc1ccc(C2=NN(C(=O)CN(C)Cc3ccccc3)[C@H](c3ccccc3Cl)C2)cc1. The van der Waals surface area contributed by atoms with E-state index in [9.17, 15) is 4.79 Å². The Morgan fingerprint density at radius 1 is 1.06 bits per heavy atom. The van der Waals surface area contributed by atoms with Crippen LogP contribution in [0.15, 0.2) is 84.0 Å². The van der Waals surface area contributed by atoms with Gasteiger partial charge in [0.25, 0.3) is 5.91 Å². The van der Waals surface area contributed by atoms with Crippen molar-refractivity contribution in [3.05, 3.63) is 101 Å². The van der Waals surface area contributed by atoms with Gasteiger partial charge in [-0.25, -0.2) is 5.01 Å². The van der Waals surface area contributed by atoms with Crippen molar-refractivity contribution in [2.24, 2.45) is 5.10 Å². The molecule has 1 aliphatic heterocycles. The minimum atomic E-state index is -0.238. The Bertz CT molecular complexity index is 1100. The molecule has 0 radical (unpaired) electrons. The number of hydrogen-bond acceptors (Lipinski definition) is 4. The molecule has 0 N–H and O–H groups in total. The van der Waals surface area contributed by atoms with E-state index in [-0.39, 0.29) is 18.5 Å². The van der Waals surface area contributed by atoms with Crippen LogP contribution in [0.4, 0.5) is 0 Å². The van der Waals surface area contributed by atoms with Crippen LogP contribution in [0.2, 0.25) is 5.02 Å². The molecule has 0 unspecified atom stereocenters. The summed E-state index contributed by atoms with van der Waals surface area (Å²) in [5, 5.41) is 6.98. The van der Waals surface area contributed by atoms with E-state index >= 15 is 0 Å². The van der Waals surface area contributed by atoms with Gasteiger partial charge in [-0.15, -0.1) is 0 Å². The highest BCUT2D eigenvalue weighted by Gasteiger charge is 2.34. The second-order valence-corrected chi connectivity index (χ2v) is 8.32. The first-order valence-electron chi connectivity index (χ1n) is 10.6. The molecule has 4 rings (SSSR count). The van der Waals surface area contributed by atoms with Gasteiger partial charge in [-0.2, -0.15) is 5.10 Å². The molecule has 0 spiro atoms. The number of benzene rings is 3. The van der Waals surface area contributed by atoms with Crippen molar-refractivity contribution >= 4 is 23.2 Å². The molecule has 3 aromatic rings. The minimum Gasteiger partial charge on any atom is -0.497 e. The van der Waals surface area contributed by atoms with Crippen LogP contribution >= 0.6 is 11.6 Å². The van der Waals surface area contributed by atoms with Gasteiger partial charge in [0.05, 0.1) is 25.4 Å². The van der Waals surface area contributed by atoms with Crippen LogP contribution < -0.4 is 4.74 Å². The Hall–Kier alpha value is -3.15. The Balaban J connectivity index is 1.57. The van der Waals surface area contributed by atoms with Crippen LogP contribution in [-0.2, 0) is 11.3 Å². The van der Waals surface area contributed by atoms with Gasteiger partial charge in [-0.3, -0.25) is 9.69 Å². The third kappa shape index (κ3) is 5.01. The van der Waals surface area contributed by atoms with E-state index < -0.39 is 0 Å². The van der Waals surface area contributed by atoms with Gasteiger partial charge in [0.2, 0.25) is 0 Å². The normalized spacial score (nSPS) is 15.7. The fourth-order valence-electron chi connectivity index (χ4n) is 3.94. The predicted molar refractivity (Wildman–Crippen MR) is 128 cm³/mol. The number of methoxy groups -OCH3 is 1. The van der Waals surface area contributed by atoms with E-state index in [0.29, 0.717) is 18.0 Å². The predicted octanol–water partition coefficient (Wildman–Crippen LogP) is 5.16. The van der Waals surface area contributed by atoms with E-state index in [0.717, 1.165) is 28.2 Å². The number of nitrogens with zero attached hydrogens (tertiary/aromatic N) is 3. The maximum atomic E-state index is 13.3. The quantitative estimate of drug-likeness (QED) is 0.502. The number of amides is 1. The Labute approximate surface area is 193 Å². The number of carbonyl (C=O) groups excluding carboxylic acids is 1. The van der Waals surface area contributed by atoms with Gasteiger partial charge in [0, 0.05) is 18.0 Å². The summed E-state index contributed by atoms with van der Waals surface area (Å²) in [7, 11) is 3.58. The molecule has 1 heterocycles. The lowest BCUT2D eigenvalue weighted by Gasteiger charge is -2.25. The Morgan fingerprint density at radius 2 is 1.75 bits per heavy atom. The van der Waals surface area contributed by atoms with Crippen LogP contribution in [0.1, 0.15) is 29.2 Å². The lowest BCUT2D eigenvalue weighted by Crippen LogP contribution is -2.36. The van der Waals surface area contributed by atoms with Gasteiger partial charge < -0.3 is 4.74 Å². The van der Waals surface area contributed by atoms with Crippen molar-refractivity contribution < 1.29 is 9.53 Å². The van der Waals surface area contributed by atoms with Crippen molar-refractivity contribution in [1.29, 1.82) is 0 Å². The standard InChI is InChI=1S/C26H26ClN3O2/c1-29(17-19-8-4-3-5-9-19)18-26(31)30-25(22-10-6-7-11-23(22)27)16-24(28-30)20-12-14-21(32-2)15-13-20/h3-15,25H,16-18H2,1-2H3/t25-/m0/s1. The summed E-state index contributed by atoms with van der Waals surface area (Å²) >= 11 is 6.50. The van der Waals surface area contributed by atoms with Crippen molar-refractivity contribution in [2.45, 2.75) is 19.0 Å². The molecule has 6 heteroatoms.